The molecule has 2 amide bonds. The first-order chi connectivity index (χ1) is 15.0. The average molecular weight is 428 g/mol. The number of hydrogen-bond donors (Lipinski definition) is 0. The van der Waals surface area contributed by atoms with E-state index < -0.39 is 0 Å². The Bertz CT molecular complexity index is 937. The first-order valence-electron chi connectivity index (χ1n) is 10.4. The molecule has 2 aliphatic rings. The van der Waals surface area contributed by atoms with Gasteiger partial charge >= 0.3 is 6.09 Å². The smallest absolute Gasteiger partial charge is 0.409 e. The van der Waals surface area contributed by atoms with Crippen molar-refractivity contribution in [3.05, 3.63) is 59.8 Å². The van der Waals surface area contributed by atoms with Gasteiger partial charge in [-0.25, -0.2) is 14.2 Å². The summed E-state index contributed by atoms with van der Waals surface area (Å²) in [4.78, 5) is 28.7. The molecular weight excluding hydrogens is 403 g/mol. The summed E-state index contributed by atoms with van der Waals surface area (Å²) in [6.45, 7) is 4.49. The third-order valence-corrected chi connectivity index (χ3v) is 5.47. The van der Waals surface area contributed by atoms with Crippen LogP contribution in [0, 0.1) is 5.82 Å². The highest BCUT2D eigenvalue weighted by Gasteiger charge is 2.36. The van der Waals surface area contributed by atoms with Crippen LogP contribution >= 0.6 is 0 Å². The third-order valence-electron chi connectivity index (χ3n) is 5.47. The van der Waals surface area contributed by atoms with E-state index in [-0.39, 0.29) is 30.4 Å². The van der Waals surface area contributed by atoms with Crippen molar-refractivity contribution in [2.24, 2.45) is 5.10 Å². The molecule has 1 aromatic carbocycles. The number of ether oxygens (including phenoxy) is 1. The molecule has 0 N–H and O–H groups in total. The molecular formula is C22H25FN4O4. The Balaban J connectivity index is 1.44. The second-order valence-corrected chi connectivity index (χ2v) is 7.49. The van der Waals surface area contributed by atoms with E-state index in [4.69, 9.17) is 9.15 Å². The Kier molecular flexibility index (Phi) is 6.31. The fourth-order valence-electron chi connectivity index (χ4n) is 3.83. The maximum atomic E-state index is 13.3. The van der Waals surface area contributed by atoms with Crippen molar-refractivity contribution >= 4 is 17.7 Å². The van der Waals surface area contributed by atoms with Gasteiger partial charge < -0.3 is 14.1 Å². The molecule has 164 valence electrons. The fourth-order valence-corrected chi connectivity index (χ4v) is 3.83. The Labute approximate surface area is 179 Å². The second-order valence-electron chi connectivity index (χ2n) is 7.49. The zero-order valence-electron chi connectivity index (χ0n) is 17.4. The van der Waals surface area contributed by atoms with Gasteiger partial charge in [-0.1, -0.05) is 12.1 Å². The Morgan fingerprint density at radius 2 is 1.90 bits per heavy atom. The van der Waals surface area contributed by atoms with E-state index in [2.05, 4.69) is 5.10 Å². The van der Waals surface area contributed by atoms with E-state index in [1.165, 1.54) is 17.1 Å². The molecule has 1 unspecified atom stereocenters. The topological polar surface area (TPSA) is 78.6 Å². The normalized spacial score (nSPS) is 19.4. The lowest BCUT2D eigenvalue weighted by molar-refractivity contribution is -0.135. The summed E-state index contributed by atoms with van der Waals surface area (Å²) in [6, 6.07) is 9.35. The summed E-state index contributed by atoms with van der Waals surface area (Å²) in [5.41, 5.74) is 1.48. The zero-order valence-corrected chi connectivity index (χ0v) is 17.4. The van der Waals surface area contributed by atoms with Gasteiger partial charge in [0, 0.05) is 32.6 Å². The van der Waals surface area contributed by atoms with Crippen molar-refractivity contribution in [2.45, 2.75) is 19.4 Å². The number of hydrazone groups is 1. The Morgan fingerprint density at radius 1 is 1.16 bits per heavy atom. The number of rotatable bonds is 5. The highest BCUT2D eigenvalue weighted by Crippen LogP contribution is 2.33. The average Bonchev–Trinajstić information content (AvgIpc) is 3.45. The number of nitrogens with zero attached hydrogens (tertiary/aromatic N) is 4. The SMILES string of the molecule is CCOC(=O)N1CCN(CC(=O)N2N=C(c3ccc(F)cc3)CC2c2ccco2)CC1. The zero-order chi connectivity index (χ0) is 21.8. The van der Waals surface area contributed by atoms with Crippen molar-refractivity contribution in [1.29, 1.82) is 0 Å². The summed E-state index contributed by atoms with van der Waals surface area (Å²) in [5, 5.41) is 6.03. The van der Waals surface area contributed by atoms with E-state index in [1.807, 2.05) is 11.0 Å². The summed E-state index contributed by atoms with van der Waals surface area (Å²) in [6.07, 6.45) is 1.74. The van der Waals surface area contributed by atoms with Crippen LogP contribution in [0.1, 0.15) is 30.7 Å². The molecule has 4 rings (SSSR count). The third kappa shape index (κ3) is 4.77. The Morgan fingerprint density at radius 3 is 2.55 bits per heavy atom. The van der Waals surface area contributed by atoms with Gasteiger partial charge in [-0.2, -0.15) is 5.10 Å². The number of halogens is 1. The highest BCUT2D eigenvalue weighted by molar-refractivity contribution is 6.03. The predicted molar refractivity (Wildman–Crippen MR) is 111 cm³/mol. The number of benzene rings is 1. The first kappa shape index (κ1) is 21.0. The minimum atomic E-state index is -0.344. The van der Waals surface area contributed by atoms with Gasteiger partial charge in [0.1, 0.15) is 17.6 Å². The molecule has 0 spiro atoms. The van der Waals surface area contributed by atoms with Gasteiger partial charge in [-0.15, -0.1) is 0 Å². The van der Waals surface area contributed by atoms with E-state index in [0.29, 0.717) is 50.7 Å². The number of amides is 2. The minimum absolute atomic E-state index is 0.150. The van der Waals surface area contributed by atoms with Crippen LogP contribution in [0.15, 0.2) is 52.2 Å². The summed E-state index contributed by atoms with van der Waals surface area (Å²) >= 11 is 0. The number of carbonyl (C=O) groups is 2. The van der Waals surface area contributed by atoms with Crippen LogP contribution in [0.25, 0.3) is 0 Å². The molecule has 9 heteroatoms. The van der Waals surface area contributed by atoms with Gasteiger partial charge in [0.05, 0.1) is 25.1 Å². The molecule has 2 aromatic rings. The summed E-state index contributed by atoms with van der Waals surface area (Å²) in [7, 11) is 0. The molecule has 0 radical (unpaired) electrons. The molecule has 3 heterocycles. The number of piperazine rings is 1. The Hall–Kier alpha value is -3.20. The highest BCUT2D eigenvalue weighted by atomic mass is 19.1. The van der Waals surface area contributed by atoms with Crippen molar-refractivity contribution in [2.75, 3.05) is 39.3 Å². The van der Waals surface area contributed by atoms with Crippen LogP contribution in [-0.2, 0) is 9.53 Å². The molecule has 0 saturated carbocycles. The molecule has 0 bridgehead atoms. The van der Waals surface area contributed by atoms with Crippen LogP contribution in [-0.4, -0.2) is 71.9 Å². The lowest BCUT2D eigenvalue weighted by Crippen LogP contribution is -2.51. The van der Waals surface area contributed by atoms with Gasteiger partial charge in [0.2, 0.25) is 0 Å². The van der Waals surface area contributed by atoms with Crippen LogP contribution in [0.4, 0.5) is 9.18 Å². The van der Waals surface area contributed by atoms with Gasteiger partial charge in [-0.05, 0) is 36.8 Å². The van der Waals surface area contributed by atoms with Crippen molar-refractivity contribution in [3.8, 4) is 0 Å². The van der Waals surface area contributed by atoms with Crippen molar-refractivity contribution < 1.29 is 23.1 Å². The van der Waals surface area contributed by atoms with Gasteiger partial charge in [0.15, 0.2) is 0 Å². The van der Waals surface area contributed by atoms with Crippen LogP contribution in [0.5, 0.6) is 0 Å². The quantitative estimate of drug-likeness (QED) is 0.732. The molecule has 2 aliphatic heterocycles. The largest absolute Gasteiger partial charge is 0.467 e. The van der Waals surface area contributed by atoms with Gasteiger partial charge in [-0.3, -0.25) is 9.69 Å². The van der Waals surface area contributed by atoms with Gasteiger partial charge in [0.25, 0.3) is 5.91 Å². The molecule has 1 fully saturated rings. The van der Waals surface area contributed by atoms with Crippen LogP contribution in [0.3, 0.4) is 0 Å². The maximum Gasteiger partial charge on any atom is 0.409 e. The first-order valence-corrected chi connectivity index (χ1v) is 10.4. The maximum absolute atomic E-state index is 13.3. The molecule has 31 heavy (non-hydrogen) atoms. The molecule has 8 nitrogen and oxygen atoms in total. The second kappa shape index (κ2) is 9.30. The van der Waals surface area contributed by atoms with Crippen molar-refractivity contribution in [1.82, 2.24) is 14.8 Å². The van der Waals surface area contributed by atoms with E-state index in [1.54, 1.807) is 36.3 Å². The monoisotopic (exact) mass is 428 g/mol. The van der Waals surface area contributed by atoms with E-state index in [0.717, 1.165) is 5.56 Å². The molecule has 0 aliphatic carbocycles. The lowest BCUT2D eigenvalue weighted by atomic mass is 10.0. The number of hydrogen-bond acceptors (Lipinski definition) is 6. The standard InChI is InChI=1S/C22H25FN4O4/c1-2-30-22(29)26-11-9-25(10-12-26)15-21(28)27-19(20-4-3-13-31-20)14-18(24-27)16-5-7-17(23)8-6-16/h3-8,13,19H,2,9-12,14-15H2,1H3. The van der Waals surface area contributed by atoms with Crippen LogP contribution in [0.2, 0.25) is 0 Å². The van der Waals surface area contributed by atoms with Crippen LogP contribution < -0.4 is 0 Å². The minimum Gasteiger partial charge on any atom is -0.467 e. The number of carbonyl (C=O) groups excluding carboxylic acids is 2. The van der Waals surface area contributed by atoms with E-state index in [9.17, 15) is 14.0 Å². The molecule has 1 saturated heterocycles. The molecule has 1 aromatic heterocycles. The predicted octanol–water partition coefficient (Wildman–Crippen LogP) is 2.87. The summed E-state index contributed by atoms with van der Waals surface area (Å²) in [5.74, 6) is 0.185. The lowest BCUT2D eigenvalue weighted by Gasteiger charge is -2.34. The molecule has 1 atom stereocenters. The fraction of sp³-hybridized carbons (Fsp3) is 0.409. The number of furan rings is 1. The van der Waals surface area contributed by atoms with E-state index >= 15 is 0 Å². The summed E-state index contributed by atoms with van der Waals surface area (Å²) < 4.78 is 23.9. The van der Waals surface area contributed by atoms with Crippen molar-refractivity contribution in [3.63, 3.8) is 0 Å².